The second kappa shape index (κ2) is 9.36. The lowest BCUT2D eigenvalue weighted by atomic mass is 10.1. The number of rotatable bonds is 8. The second-order valence-electron chi connectivity index (χ2n) is 6.41. The highest BCUT2D eigenvalue weighted by atomic mass is 32.2. The smallest absolute Gasteiger partial charge is 0.238 e. The number of ether oxygens (including phenoxy) is 1. The van der Waals surface area contributed by atoms with E-state index in [4.69, 9.17) is 4.74 Å². The van der Waals surface area contributed by atoms with E-state index in [1.807, 2.05) is 75.4 Å². The van der Waals surface area contributed by atoms with E-state index in [1.54, 1.807) is 4.68 Å². The number of carbonyl (C=O) groups is 1. The molecule has 1 heterocycles. The van der Waals surface area contributed by atoms with Gasteiger partial charge in [0.25, 0.3) is 0 Å². The summed E-state index contributed by atoms with van der Waals surface area (Å²) in [4.78, 5) is 12.9. The monoisotopic (exact) mass is 397 g/mol. The van der Waals surface area contributed by atoms with Gasteiger partial charge in [0.05, 0.1) is 11.9 Å². The summed E-state index contributed by atoms with van der Waals surface area (Å²) in [6.45, 7) is 6.47. The first-order chi connectivity index (χ1) is 13.6. The minimum Gasteiger partial charge on any atom is -0.492 e. The van der Waals surface area contributed by atoms with E-state index in [0.29, 0.717) is 17.5 Å². The number of nitrogens with one attached hydrogen (secondary N) is 1. The van der Waals surface area contributed by atoms with Crippen LogP contribution in [0.15, 0.2) is 59.8 Å². The van der Waals surface area contributed by atoms with Gasteiger partial charge in [0.2, 0.25) is 11.1 Å². The summed E-state index contributed by atoms with van der Waals surface area (Å²) in [6.07, 6.45) is 0. The highest BCUT2D eigenvalue weighted by molar-refractivity contribution is 8.00. The largest absolute Gasteiger partial charge is 0.492 e. The number of anilines is 1. The van der Waals surface area contributed by atoms with Crippen molar-refractivity contribution in [1.29, 1.82) is 0 Å². The first kappa shape index (κ1) is 19.9. The van der Waals surface area contributed by atoms with Gasteiger partial charge in [-0.1, -0.05) is 55.9 Å². The average molecular weight is 398 g/mol. The Morgan fingerprint density at radius 2 is 1.86 bits per heavy atom. The molecule has 28 heavy (non-hydrogen) atoms. The van der Waals surface area contributed by atoms with Gasteiger partial charge in [-0.15, -0.1) is 5.10 Å². The number of tetrazole rings is 1. The van der Waals surface area contributed by atoms with Gasteiger partial charge in [0.15, 0.2) is 0 Å². The third-order valence-corrected chi connectivity index (χ3v) is 5.45. The Labute approximate surface area is 168 Å². The van der Waals surface area contributed by atoms with Crippen LogP contribution in [0.25, 0.3) is 5.69 Å². The summed E-state index contributed by atoms with van der Waals surface area (Å²) in [5, 5.41) is 15.2. The molecular weight excluding hydrogens is 374 g/mol. The summed E-state index contributed by atoms with van der Waals surface area (Å²) in [5.74, 6) is 0.689. The van der Waals surface area contributed by atoms with Crippen LogP contribution < -0.4 is 10.1 Å². The third-order valence-electron chi connectivity index (χ3n) is 3.97. The molecule has 0 aliphatic heterocycles. The van der Waals surface area contributed by atoms with Crippen molar-refractivity contribution in [2.75, 3.05) is 11.9 Å². The Kier molecular flexibility index (Phi) is 6.65. The Hall–Kier alpha value is -2.87. The lowest BCUT2D eigenvalue weighted by Crippen LogP contribution is -2.30. The van der Waals surface area contributed by atoms with Crippen molar-refractivity contribution >= 4 is 23.4 Å². The second-order valence-corrected chi connectivity index (χ2v) is 7.52. The minimum atomic E-state index is -0.357. The van der Waals surface area contributed by atoms with Crippen LogP contribution in [0.1, 0.15) is 20.8 Å². The SMILES string of the molecule is CCOc1ccccc1-n1nnnc1SC(C(=O)Nc1ccccc1)C(C)C. The van der Waals surface area contributed by atoms with E-state index in [1.165, 1.54) is 11.8 Å². The number of thioether (sulfide) groups is 1. The van der Waals surface area contributed by atoms with Crippen LogP contribution in [0.2, 0.25) is 0 Å². The van der Waals surface area contributed by atoms with Crippen LogP contribution in [-0.4, -0.2) is 38.0 Å². The van der Waals surface area contributed by atoms with Crippen LogP contribution in [0.3, 0.4) is 0 Å². The molecule has 7 nitrogen and oxygen atoms in total. The lowest BCUT2D eigenvalue weighted by Gasteiger charge is -2.19. The molecule has 1 atom stereocenters. The van der Waals surface area contributed by atoms with Crippen LogP contribution in [-0.2, 0) is 4.79 Å². The molecule has 1 unspecified atom stereocenters. The van der Waals surface area contributed by atoms with E-state index in [2.05, 4.69) is 20.8 Å². The minimum absolute atomic E-state index is 0.0843. The number of carbonyl (C=O) groups excluding carboxylic acids is 1. The van der Waals surface area contributed by atoms with E-state index in [-0.39, 0.29) is 17.1 Å². The van der Waals surface area contributed by atoms with Gasteiger partial charge in [-0.25, -0.2) is 0 Å². The molecule has 0 saturated carbocycles. The normalized spacial score (nSPS) is 12.0. The van der Waals surface area contributed by atoms with Gasteiger partial charge in [-0.2, -0.15) is 4.68 Å². The Balaban J connectivity index is 1.84. The van der Waals surface area contributed by atoms with Crippen LogP contribution >= 0.6 is 11.8 Å². The number of amides is 1. The molecule has 0 spiro atoms. The van der Waals surface area contributed by atoms with Crippen molar-refractivity contribution in [3.05, 3.63) is 54.6 Å². The summed E-state index contributed by atoms with van der Waals surface area (Å²) in [6, 6.07) is 17.0. The van der Waals surface area contributed by atoms with Crippen molar-refractivity contribution in [1.82, 2.24) is 20.2 Å². The average Bonchev–Trinajstić information content (AvgIpc) is 3.15. The number of benzene rings is 2. The lowest BCUT2D eigenvalue weighted by molar-refractivity contribution is -0.116. The van der Waals surface area contributed by atoms with Gasteiger partial charge in [0, 0.05) is 5.69 Å². The number of hydrogen-bond acceptors (Lipinski definition) is 6. The van der Waals surface area contributed by atoms with Gasteiger partial charge in [-0.3, -0.25) is 4.79 Å². The summed E-state index contributed by atoms with van der Waals surface area (Å²) < 4.78 is 7.30. The standard InChI is InChI=1S/C20H23N5O2S/c1-4-27-17-13-9-8-12-16(17)25-20(22-23-24-25)28-18(14(2)3)19(26)21-15-10-6-5-7-11-15/h5-14,18H,4H2,1-3H3,(H,21,26). The van der Waals surface area contributed by atoms with Crippen molar-refractivity contribution in [2.24, 2.45) is 5.92 Å². The van der Waals surface area contributed by atoms with Crippen LogP contribution in [0.4, 0.5) is 5.69 Å². The molecule has 2 aromatic carbocycles. The maximum atomic E-state index is 12.9. The molecule has 0 aliphatic carbocycles. The zero-order valence-corrected chi connectivity index (χ0v) is 16.9. The van der Waals surface area contributed by atoms with Crippen molar-refractivity contribution in [2.45, 2.75) is 31.2 Å². The molecular formula is C20H23N5O2S. The van der Waals surface area contributed by atoms with Crippen molar-refractivity contribution < 1.29 is 9.53 Å². The topological polar surface area (TPSA) is 81.9 Å². The summed E-state index contributed by atoms with van der Waals surface area (Å²) in [5.41, 5.74) is 1.50. The van der Waals surface area contributed by atoms with E-state index in [9.17, 15) is 4.79 Å². The van der Waals surface area contributed by atoms with Gasteiger partial charge in [0.1, 0.15) is 11.4 Å². The first-order valence-electron chi connectivity index (χ1n) is 9.13. The molecule has 0 bridgehead atoms. The molecule has 146 valence electrons. The van der Waals surface area contributed by atoms with Gasteiger partial charge in [-0.05, 0) is 47.5 Å². The quantitative estimate of drug-likeness (QED) is 0.582. The number of nitrogens with zero attached hydrogens (tertiary/aromatic N) is 4. The molecule has 0 fully saturated rings. The molecule has 0 saturated heterocycles. The molecule has 1 amide bonds. The van der Waals surface area contributed by atoms with Crippen molar-refractivity contribution in [3.63, 3.8) is 0 Å². The van der Waals surface area contributed by atoms with Gasteiger partial charge < -0.3 is 10.1 Å². The molecule has 3 rings (SSSR count). The van der Waals surface area contributed by atoms with Gasteiger partial charge >= 0.3 is 0 Å². The fraction of sp³-hybridized carbons (Fsp3) is 0.300. The molecule has 8 heteroatoms. The fourth-order valence-corrected chi connectivity index (χ4v) is 3.64. The van der Waals surface area contributed by atoms with E-state index in [0.717, 1.165) is 11.4 Å². The highest BCUT2D eigenvalue weighted by Crippen LogP contribution is 2.31. The molecule has 0 radical (unpaired) electrons. The molecule has 1 aromatic heterocycles. The molecule has 3 aromatic rings. The molecule has 1 N–H and O–H groups in total. The first-order valence-corrected chi connectivity index (χ1v) is 10.0. The Bertz CT molecular complexity index is 914. The van der Waals surface area contributed by atoms with E-state index >= 15 is 0 Å². The number of hydrogen-bond donors (Lipinski definition) is 1. The fourth-order valence-electron chi connectivity index (χ4n) is 2.65. The maximum absolute atomic E-state index is 12.9. The number of para-hydroxylation sites is 3. The Morgan fingerprint density at radius 1 is 1.14 bits per heavy atom. The maximum Gasteiger partial charge on any atom is 0.238 e. The third kappa shape index (κ3) is 4.69. The zero-order valence-electron chi connectivity index (χ0n) is 16.1. The van der Waals surface area contributed by atoms with Crippen LogP contribution in [0, 0.1) is 5.92 Å². The predicted molar refractivity (Wildman–Crippen MR) is 110 cm³/mol. The zero-order chi connectivity index (χ0) is 19.9. The van der Waals surface area contributed by atoms with Crippen LogP contribution in [0.5, 0.6) is 5.75 Å². The Morgan fingerprint density at radius 3 is 2.57 bits per heavy atom. The summed E-state index contributed by atoms with van der Waals surface area (Å²) >= 11 is 1.34. The molecule has 0 aliphatic rings. The predicted octanol–water partition coefficient (Wildman–Crippen LogP) is 3.82. The summed E-state index contributed by atoms with van der Waals surface area (Å²) in [7, 11) is 0. The van der Waals surface area contributed by atoms with Crippen molar-refractivity contribution in [3.8, 4) is 11.4 Å². The van der Waals surface area contributed by atoms with E-state index < -0.39 is 0 Å². The number of aromatic nitrogens is 4. The highest BCUT2D eigenvalue weighted by Gasteiger charge is 2.27.